The van der Waals surface area contributed by atoms with Crippen molar-refractivity contribution >= 4 is 5.69 Å². The zero-order valence-electron chi connectivity index (χ0n) is 11.2. The molecule has 0 atom stereocenters. The van der Waals surface area contributed by atoms with Gasteiger partial charge in [-0.25, -0.2) is 0 Å². The number of rotatable bonds is 3. The van der Waals surface area contributed by atoms with Gasteiger partial charge < -0.3 is 5.32 Å². The summed E-state index contributed by atoms with van der Waals surface area (Å²) in [5.41, 5.74) is 0.447. The third-order valence-electron chi connectivity index (χ3n) is 3.99. The predicted octanol–water partition coefficient (Wildman–Crippen LogP) is 5.09. The van der Waals surface area contributed by atoms with Crippen molar-refractivity contribution in [1.82, 2.24) is 0 Å². The highest BCUT2D eigenvalue weighted by Gasteiger charge is 2.30. The number of alkyl halides is 3. The summed E-state index contributed by atoms with van der Waals surface area (Å²) in [6.45, 7) is 3.08. The van der Waals surface area contributed by atoms with Crippen molar-refractivity contribution in [3.8, 4) is 0 Å². The van der Waals surface area contributed by atoms with E-state index in [0.717, 1.165) is 24.4 Å². The number of halogens is 3. The van der Waals surface area contributed by atoms with Gasteiger partial charge in [0.2, 0.25) is 0 Å². The van der Waals surface area contributed by atoms with Gasteiger partial charge in [-0.05, 0) is 42.5 Å². The summed E-state index contributed by atoms with van der Waals surface area (Å²) >= 11 is 0. The normalized spacial score (nSPS) is 19.2. The summed E-state index contributed by atoms with van der Waals surface area (Å²) in [4.78, 5) is 0. The second kappa shape index (κ2) is 5.43. The molecule has 1 aromatic carbocycles. The molecule has 1 fully saturated rings. The maximum absolute atomic E-state index is 12.4. The summed E-state index contributed by atoms with van der Waals surface area (Å²) in [6, 6.07) is 5.28. The smallest absolute Gasteiger partial charge is 0.384 e. The first kappa shape index (κ1) is 14.2. The van der Waals surface area contributed by atoms with Crippen LogP contribution in [0.1, 0.15) is 44.6 Å². The van der Waals surface area contributed by atoms with Crippen LogP contribution in [0.2, 0.25) is 0 Å². The van der Waals surface area contributed by atoms with E-state index in [4.69, 9.17) is 0 Å². The molecule has 0 saturated heterocycles. The van der Waals surface area contributed by atoms with Gasteiger partial charge in [-0.2, -0.15) is 13.2 Å². The Balaban J connectivity index is 1.93. The molecule has 0 aliphatic heterocycles. The van der Waals surface area contributed by atoms with Gasteiger partial charge in [0, 0.05) is 12.2 Å². The van der Waals surface area contributed by atoms with E-state index in [-0.39, 0.29) is 5.41 Å². The largest absolute Gasteiger partial charge is 0.416 e. The van der Waals surface area contributed by atoms with Crippen molar-refractivity contribution in [1.29, 1.82) is 0 Å². The number of hydrogen-bond acceptors (Lipinski definition) is 1. The minimum atomic E-state index is -4.26. The molecular weight excluding hydrogens is 251 g/mol. The van der Waals surface area contributed by atoms with Crippen LogP contribution < -0.4 is 5.32 Å². The Hall–Kier alpha value is -1.19. The molecule has 0 spiro atoms. The molecule has 0 radical (unpaired) electrons. The van der Waals surface area contributed by atoms with Crippen LogP contribution in [-0.4, -0.2) is 6.54 Å². The van der Waals surface area contributed by atoms with Gasteiger partial charge in [0.1, 0.15) is 0 Å². The topological polar surface area (TPSA) is 12.0 Å². The second-order valence-electron chi connectivity index (χ2n) is 5.80. The lowest BCUT2D eigenvalue weighted by Crippen LogP contribution is -2.28. The average molecular weight is 271 g/mol. The highest BCUT2D eigenvalue weighted by atomic mass is 19.4. The van der Waals surface area contributed by atoms with Crippen LogP contribution >= 0.6 is 0 Å². The third kappa shape index (κ3) is 3.88. The van der Waals surface area contributed by atoms with Gasteiger partial charge in [0.15, 0.2) is 0 Å². The lowest BCUT2D eigenvalue weighted by Gasteiger charge is -2.34. The molecule has 1 nitrogen and oxygen atoms in total. The van der Waals surface area contributed by atoms with E-state index in [1.54, 1.807) is 0 Å². The summed E-state index contributed by atoms with van der Waals surface area (Å²) in [5.74, 6) is 0. The molecule has 19 heavy (non-hydrogen) atoms. The Morgan fingerprint density at radius 3 is 2.16 bits per heavy atom. The first-order chi connectivity index (χ1) is 8.89. The Bertz CT molecular complexity index is 402. The SMILES string of the molecule is CC1(CNc2ccc(C(F)(F)F)cc2)CCCCC1. The van der Waals surface area contributed by atoms with Crippen LogP contribution in [0.4, 0.5) is 18.9 Å². The maximum atomic E-state index is 12.4. The standard InChI is InChI=1S/C15H20F3N/c1-14(9-3-2-4-10-14)11-19-13-7-5-12(6-8-13)15(16,17)18/h5-8,19H,2-4,9-11H2,1H3. The number of hydrogen-bond donors (Lipinski definition) is 1. The Morgan fingerprint density at radius 1 is 1.05 bits per heavy atom. The molecule has 106 valence electrons. The van der Waals surface area contributed by atoms with Crippen molar-refractivity contribution in [3.63, 3.8) is 0 Å². The van der Waals surface area contributed by atoms with Gasteiger partial charge in [0.25, 0.3) is 0 Å². The number of benzene rings is 1. The van der Waals surface area contributed by atoms with Crippen LogP contribution in [0, 0.1) is 5.41 Å². The van der Waals surface area contributed by atoms with Crippen LogP contribution in [0.3, 0.4) is 0 Å². The quantitative estimate of drug-likeness (QED) is 0.807. The maximum Gasteiger partial charge on any atom is 0.416 e. The Labute approximate surface area is 112 Å². The van der Waals surface area contributed by atoms with E-state index >= 15 is 0 Å². The lowest BCUT2D eigenvalue weighted by atomic mass is 9.76. The summed E-state index contributed by atoms with van der Waals surface area (Å²) in [6.07, 6.45) is 1.95. The predicted molar refractivity (Wildman–Crippen MR) is 71.1 cm³/mol. The van der Waals surface area contributed by atoms with E-state index in [2.05, 4.69) is 12.2 Å². The molecule has 0 aromatic heterocycles. The molecule has 4 heteroatoms. The molecule has 1 saturated carbocycles. The molecule has 1 N–H and O–H groups in total. The van der Waals surface area contributed by atoms with Crippen LogP contribution in [0.15, 0.2) is 24.3 Å². The minimum absolute atomic E-state index is 0.279. The fraction of sp³-hybridized carbons (Fsp3) is 0.600. The van der Waals surface area contributed by atoms with Gasteiger partial charge in [-0.15, -0.1) is 0 Å². The van der Waals surface area contributed by atoms with E-state index in [0.29, 0.717) is 0 Å². The van der Waals surface area contributed by atoms with Crippen LogP contribution in [0.5, 0.6) is 0 Å². The molecular formula is C15H20F3N. The van der Waals surface area contributed by atoms with Gasteiger partial charge in [0.05, 0.1) is 5.56 Å². The average Bonchev–Trinajstić information content (AvgIpc) is 2.37. The van der Waals surface area contributed by atoms with Crippen LogP contribution in [0.25, 0.3) is 0 Å². The first-order valence-electron chi connectivity index (χ1n) is 6.80. The van der Waals surface area contributed by atoms with E-state index in [1.165, 1.54) is 44.2 Å². The van der Waals surface area contributed by atoms with E-state index < -0.39 is 11.7 Å². The van der Waals surface area contributed by atoms with Crippen molar-refractivity contribution < 1.29 is 13.2 Å². The first-order valence-corrected chi connectivity index (χ1v) is 6.80. The summed E-state index contributed by atoms with van der Waals surface area (Å²) in [5, 5.41) is 3.27. The molecule has 0 unspecified atom stereocenters. The molecule has 1 aromatic rings. The molecule has 0 bridgehead atoms. The number of nitrogens with one attached hydrogen (secondary N) is 1. The molecule has 1 aliphatic rings. The van der Waals surface area contributed by atoms with E-state index in [9.17, 15) is 13.2 Å². The molecule has 0 heterocycles. The Kier molecular flexibility index (Phi) is 4.07. The second-order valence-corrected chi connectivity index (χ2v) is 5.80. The monoisotopic (exact) mass is 271 g/mol. The fourth-order valence-corrected chi connectivity index (χ4v) is 2.67. The highest BCUT2D eigenvalue weighted by Crippen LogP contribution is 2.36. The Morgan fingerprint density at radius 2 is 1.63 bits per heavy atom. The summed E-state index contributed by atoms with van der Waals surface area (Å²) in [7, 11) is 0. The highest BCUT2D eigenvalue weighted by molar-refractivity contribution is 5.45. The summed E-state index contributed by atoms with van der Waals surface area (Å²) < 4.78 is 37.3. The fourth-order valence-electron chi connectivity index (χ4n) is 2.67. The minimum Gasteiger partial charge on any atom is -0.384 e. The van der Waals surface area contributed by atoms with Gasteiger partial charge >= 0.3 is 6.18 Å². The molecule has 2 rings (SSSR count). The van der Waals surface area contributed by atoms with Crippen LogP contribution in [-0.2, 0) is 6.18 Å². The van der Waals surface area contributed by atoms with Crippen molar-refractivity contribution in [2.75, 3.05) is 11.9 Å². The molecule has 1 aliphatic carbocycles. The molecule has 0 amide bonds. The third-order valence-corrected chi connectivity index (χ3v) is 3.99. The van der Waals surface area contributed by atoms with Crippen molar-refractivity contribution in [2.24, 2.45) is 5.41 Å². The zero-order valence-corrected chi connectivity index (χ0v) is 11.2. The zero-order chi connectivity index (χ0) is 13.9. The number of anilines is 1. The van der Waals surface area contributed by atoms with Crippen molar-refractivity contribution in [2.45, 2.75) is 45.2 Å². The van der Waals surface area contributed by atoms with Gasteiger partial charge in [-0.1, -0.05) is 26.2 Å². The van der Waals surface area contributed by atoms with Gasteiger partial charge in [-0.3, -0.25) is 0 Å². The van der Waals surface area contributed by atoms with E-state index in [1.807, 2.05) is 0 Å². The lowest BCUT2D eigenvalue weighted by molar-refractivity contribution is -0.137. The van der Waals surface area contributed by atoms with Crippen molar-refractivity contribution in [3.05, 3.63) is 29.8 Å².